The minimum absolute atomic E-state index is 0.0575. The van der Waals surface area contributed by atoms with Crippen LogP contribution in [0.25, 0.3) is 17.0 Å². The van der Waals surface area contributed by atoms with E-state index in [9.17, 15) is 9.59 Å². The number of para-hydroxylation sites is 1. The third-order valence-electron chi connectivity index (χ3n) is 6.67. The molecular weight excluding hydrogens is 478 g/mol. The van der Waals surface area contributed by atoms with Crippen molar-refractivity contribution in [3.8, 4) is 0 Å². The number of carbonyl (C=O) groups is 2. The Labute approximate surface area is 222 Å². The molecule has 1 fully saturated rings. The zero-order chi connectivity index (χ0) is 25.9. The summed E-state index contributed by atoms with van der Waals surface area (Å²) in [7, 11) is 0. The van der Waals surface area contributed by atoms with Crippen molar-refractivity contribution in [1.82, 2.24) is 9.88 Å². The van der Waals surface area contributed by atoms with E-state index in [1.807, 2.05) is 48.7 Å². The molecule has 37 heavy (non-hydrogen) atoms. The quantitative estimate of drug-likeness (QED) is 0.185. The van der Waals surface area contributed by atoms with Gasteiger partial charge in [0.05, 0.1) is 5.69 Å². The molecule has 186 valence electrons. The van der Waals surface area contributed by atoms with Crippen molar-refractivity contribution in [2.75, 3.05) is 4.90 Å². The van der Waals surface area contributed by atoms with E-state index in [0.717, 1.165) is 35.7 Å². The van der Waals surface area contributed by atoms with Crippen LogP contribution < -0.4 is 10.2 Å². The Bertz CT molecular complexity index is 1530. The molecule has 0 bridgehead atoms. The third-order valence-corrected chi connectivity index (χ3v) is 6.95. The largest absolute Gasteiger partial charge is 0.342 e. The molecule has 6 heteroatoms. The molecule has 1 aliphatic heterocycles. The summed E-state index contributed by atoms with van der Waals surface area (Å²) in [6.07, 6.45) is 6.90. The zero-order valence-corrected chi connectivity index (χ0v) is 21.8. The first kappa shape index (κ1) is 24.7. The van der Waals surface area contributed by atoms with Gasteiger partial charge in [-0.2, -0.15) is 0 Å². The molecule has 1 aliphatic rings. The summed E-state index contributed by atoms with van der Waals surface area (Å²) in [5, 5.41) is 3.77. The van der Waals surface area contributed by atoms with Gasteiger partial charge in [-0.1, -0.05) is 73.5 Å². The van der Waals surface area contributed by atoms with E-state index in [1.54, 1.807) is 6.08 Å². The highest BCUT2D eigenvalue weighted by Crippen LogP contribution is 2.27. The second-order valence-corrected chi connectivity index (χ2v) is 9.83. The lowest BCUT2D eigenvalue weighted by molar-refractivity contribution is -0.122. The highest BCUT2D eigenvalue weighted by Gasteiger charge is 2.34. The lowest BCUT2D eigenvalue weighted by atomic mass is 10.1. The average molecular weight is 508 g/mol. The molecule has 0 radical (unpaired) electrons. The predicted molar refractivity (Wildman–Crippen MR) is 153 cm³/mol. The van der Waals surface area contributed by atoms with E-state index in [2.05, 4.69) is 54.1 Å². The second kappa shape index (κ2) is 10.5. The Morgan fingerprint density at radius 3 is 2.49 bits per heavy atom. The van der Waals surface area contributed by atoms with Crippen LogP contribution in [0.5, 0.6) is 0 Å². The summed E-state index contributed by atoms with van der Waals surface area (Å²) in [5.41, 5.74) is 6.15. The van der Waals surface area contributed by atoms with Crippen LogP contribution >= 0.6 is 12.2 Å². The summed E-state index contributed by atoms with van der Waals surface area (Å²) < 4.78 is 2.15. The van der Waals surface area contributed by atoms with Gasteiger partial charge in [-0.25, -0.2) is 0 Å². The highest BCUT2D eigenvalue weighted by atomic mass is 32.1. The van der Waals surface area contributed by atoms with Crippen LogP contribution in [0.4, 0.5) is 5.69 Å². The van der Waals surface area contributed by atoms with Crippen LogP contribution in [0.2, 0.25) is 0 Å². The van der Waals surface area contributed by atoms with Gasteiger partial charge < -0.3 is 4.57 Å². The first-order chi connectivity index (χ1) is 17.9. The Morgan fingerprint density at radius 2 is 1.73 bits per heavy atom. The van der Waals surface area contributed by atoms with Crippen molar-refractivity contribution < 1.29 is 9.59 Å². The fourth-order valence-corrected chi connectivity index (χ4v) is 5.05. The molecule has 5 rings (SSSR count). The molecule has 4 aromatic rings. The smallest absolute Gasteiger partial charge is 0.270 e. The molecule has 0 spiro atoms. The number of benzene rings is 3. The summed E-state index contributed by atoms with van der Waals surface area (Å²) in [6.45, 7) is 4.93. The normalized spacial score (nSPS) is 15.0. The fourth-order valence-electron chi connectivity index (χ4n) is 4.77. The molecule has 0 aliphatic carbocycles. The number of aryl methyl sites for hydroxylation is 2. The van der Waals surface area contributed by atoms with Crippen LogP contribution in [0.15, 0.2) is 84.6 Å². The Kier molecular flexibility index (Phi) is 7.01. The third kappa shape index (κ3) is 5.11. The summed E-state index contributed by atoms with van der Waals surface area (Å²) >= 11 is 5.39. The summed E-state index contributed by atoms with van der Waals surface area (Å²) in [6, 6.07) is 24.2. The number of amides is 2. The zero-order valence-electron chi connectivity index (χ0n) is 21.0. The molecule has 0 atom stereocenters. The van der Waals surface area contributed by atoms with Gasteiger partial charge in [0.2, 0.25) is 0 Å². The van der Waals surface area contributed by atoms with Gasteiger partial charge in [-0.3, -0.25) is 19.8 Å². The Balaban J connectivity index is 1.50. The van der Waals surface area contributed by atoms with Crippen LogP contribution in [-0.2, 0) is 22.6 Å². The lowest BCUT2D eigenvalue weighted by Gasteiger charge is -2.29. The van der Waals surface area contributed by atoms with Crippen molar-refractivity contribution >= 4 is 51.8 Å². The number of nitrogens with zero attached hydrogens (tertiary/aromatic N) is 2. The Hall–Kier alpha value is -4.03. The monoisotopic (exact) mass is 507 g/mol. The number of anilines is 1. The minimum atomic E-state index is -0.485. The van der Waals surface area contributed by atoms with E-state index in [1.165, 1.54) is 21.6 Å². The molecule has 2 amide bonds. The first-order valence-corrected chi connectivity index (χ1v) is 13.0. The van der Waals surface area contributed by atoms with Crippen LogP contribution in [0.3, 0.4) is 0 Å². The van der Waals surface area contributed by atoms with Crippen LogP contribution in [0, 0.1) is 6.92 Å². The number of rotatable bonds is 7. The maximum absolute atomic E-state index is 13.6. The van der Waals surface area contributed by atoms with Gasteiger partial charge in [0.15, 0.2) is 5.11 Å². The van der Waals surface area contributed by atoms with E-state index in [4.69, 9.17) is 12.2 Å². The maximum Gasteiger partial charge on any atom is 0.270 e. The van der Waals surface area contributed by atoms with Gasteiger partial charge in [0.25, 0.3) is 11.8 Å². The number of nitrogens with one attached hydrogen (secondary N) is 1. The number of fused-ring (bicyclic) bond motifs is 1. The van der Waals surface area contributed by atoms with Gasteiger partial charge in [0, 0.05) is 29.2 Å². The second-order valence-electron chi connectivity index (χ2n) is 9.45. The molecule has 1 aromatic heterocycles. The van der Waals surface area contributed by atoms with Crippen molar-refractivity contribution in [1.29, 1.82) is 0 Å². The van der Waals surface area contributed by atoms with Gasteiger partial charge >= 0.3 is 0 Å². The number of hydrogen-bond acceptors (Lipinski definition) is 3. The highest BCUT2D eigenvalue weighted by molar-refractivity contribution is 7.80. The lowest BCUT2D eigenvalue weighted by Crippen LogP contribution is -2.54. The average Bonchev–Trinajstić information content (AvgIpc) is 3.23. The van der Waals surface area contributed by atoms with E-state index in [-0.39, 0.29) is 10.7 Å². The molecule has 5 nitrogen and oxygen atoms in total. The van der Waals surface area contributed by atoms with Crippen LogP contribution in [-0.4, -0.2) is 21.5 Å². The molecule has 1 saturated heterocycles. The first-order valence-electron chi connectivity index (χ1n) is 12.6. The Morgan fingerprint density at radius 1 is 0.946 bits per heavy atom. The molecule has 0 unspecified atom stereocenters. The fraction of sp³-hybridized carbons (Fsp3) is 0.194. The SMILES string of the molecule is CCCCc1ccc(N2C(=O)C(=Cc3cn(Cc4cccc(C)c4)c4ccccc34)C(=O)NC2=S)cc1. The molecule has 1 N–H and O–H groups in total. The van der Waals surface area contributed by atoms with Gasteiger partial charge in [0.1, 0.15) is 5.57 Å². The van der Waals surface area contributed by atoms with E-state index >= 15 is 0 Å². The maximum atomic E-state index is 13.6. The minimum Gasteiger partial charge on any atom is -0.342 e. The van der Waals surface area contributed by atoms with Crippen LogP contribution in [0.1, 0.15) is 42.0 Å². The van der Waals surface area contributed by atoms with Gasteiger partial charge in [-0.15, -0.1) is 0 Å². The van der Waals surface area contributed by atoms with Crippen molar-refractivity contribution in [3.05, 3.63) is 107 Å². The topological polar surface area (TPSA) is 54.3 Å². The molecular formula is C31H29N3O2S. The predicted octanol–water partition coefficient (Wildman–Crippen LogP) is 6.17. The molecule has 0 saturated carbocycles. The standard InChI is InChI=1S/C31H29N3O2S/c1-3-4-9-22-13-15-25(16-14-22)34-30(36)27(29(35)32-31(34)37)18-24-20-33(28-12-6-5-11-26(24)28)19-23-10-7-8-21(2)17-23/h5-8,10-18,20H,3-4,9,19H2,1-2H3,(H,32,35,37). The number of carbonyl (C=O) groups excluding carboxylic acids is 2. The molecule has 3 aromatic carbocycles. The van der Waals surface area contributed by atoms with E-state index in [0.29, 0.717) is 12.2 Å². The summed E-state index contributed by atoms with van der Waals surface area (Å²) in [5.74, 6) is -0.910. The van der Waals surface area contributed by atoms with Crippen molar-refractivity contribution in [2.45, 2.75) is 39.7 Å². The number of thiocarbonyl (C=S) groups is 1. The van der Waals surface area contributed by atoms with E-state index < -0.39 is 11.8 Å². The van der Waals surface area contributed by atoms with Gasteiger partial charge in [-0.05, 0) is 67.4 Å². The number of hydrogen-bond donors (Lipinski definition) is 1. The number of unbranched alkanes of at least 4 members (excludes halogenated alkanes) is 1. The summed E-state index contributed by atoms with van der Waals surface area (Å²) in [4.78, 5) is 27.9. The van der Waals surface area contributed by atoms with Crippen molar-refractivity contribution in [2.24, 2.45) is 0 Å². The molecule has 2 heterocycles. The number of aromatic nitrogens is 1. The van der Waals surface area contributed by atoms with Crippen molar-refractivity contribution in [3.63, 3.8) is 0 Å².